The van der Waals surface area contributed by atoms with E-state index in [1.165, 1.54) is 4.68 Å². The smallest absolute Gasteiger partial charge is 0.344 e. The van der Waals surface area contributed by atoms with Gasteiger partial charge in [-0.1, -0.05) is 0 Å². The van der Waals surface area contributed by atoms with Crippen molar-refractivity contribution in [1.29, 1.82) is 0 Å². The third-order valence-corrected chi connectivity index (χ3v) is 2.08. The van der Waals surface area contributed by atoms with Crippen LogP contribution in [0.15, 0.2) is 4.60 Å². The first-order valence-corrected chi connectivity index (χ1v) is 4.52. The van der Waals surface area contributed by atoms with E-state index < -0.39 is 5.97 Å². The summed E-state index contributed by atoms with van der Waals surface area (Å²) in [5.41, 5.74) is 5.89. The van der Waals surface area contributed by atoms with Crippen molar-refractivity contribution in [3.63, 3.8) is 0 Å². The van der Waals surface area contributed by atoms with Gasteiger partial charge in [-0.2, -0.15) is 5.10 Å². The Labute approximate surface area is 84.0 Å². The molecule has 0 aliphatic carbocycles. The number of esters is 1. The molecule has 72 valence electrons. The van der Waals surface area contributed by atoms with Crippen molar-refractivity contribution in [3.05, 3.63) is 10.2 Å². The largest absolute Gasteiger partial charge is 0.462 e. The number of anilines is 1. The molecule has 1 aromatic rings. The van der Waals surface area contributed by atoms with Gasteiger partial charge < -0.3 is 10.5 Å². The van der Waals surface area contributed by atoms with Crippen molar-refractivity contribution in [2.45, 2.75) is 6.92 Å². The van der Waals surface area contributed by atoms with E-state index in [1.807, 2.05) is 0 Å². The average Bonchev–Trinajstić information content (AvgIpc) is 2.27. The summed E-state index contributed by atoms with van der Waals surface area (Å²) in [4.78, 5) is 11.3. The Bertz CT molecular complexity index is 335. The van der Waals surface area contributed by atoms with Gasteiger partial charge in [0.25, 0.3) is 0 Å². The predicted octanol–water partition coefficient (Wildman–Crippen LogP) is 0.942. The van der Waals surface area contributed by atoms with Crippen molar-refractivity contribution in [2.75, 3.05) is 12.3 Å². The van der Waals surface area contributed by atoms with Crippen LogP contribution in [0.1, 0.15) is 17.3 Å². The van der Waals surface area contributed by atoms with Gasteiger partial charge in [0.2, 0.25) is 0 Å². The molecule has 6 heteroatoms. The fraction of sp³-hybridized carbons (Fsp3) is 0.429. The van der Waals surface area contributed by atoms with Crippen LogP contribution in [0, 0.1) is 0 Å². The number of hydrogen-bond donors (Lipinski definition) is 1. The van der Waals surface area contributed by atoms with Crippen LogP contribution >= 0.6 is 15.9 Å². The molecule has 0 saturated heterocycles. The maximum Gasteiger partial charge on any atom is 0.344 e. The van der Waals surface area contributed by atoms with E-state index in [4.69, 9.17) is 10.5 Å². The fourth-order valence-electron chi connectivity index (χ4n) is 0.895. The molecule has 0 unspecified atom stereocenters. The summed E-state index contributed by atoms with van der Waals surface area (Å²) in [5, 5.41) is 3.92. The quantitative estimate of drug-likeness (QED) is 0.790. The van der Waals surface area contributed by atoms with Gasteiger partial charge in [0.15, 0.2) is 0 Å². The second-order valence-corrected chi connectivity index (χ2v) is 3.15. The van der Waals surface area contributed by atoms with Crippen molar-refractivity contribution < 1.29 is 9.53 Å². The summed E-state index contributed by atoms with van der Waals surface area (Å²) in [6.45, 7) is 2.05. The Hall–Kier alpha value is -1.04. The van der Waals surface area contributed by atoms with E-state index in [0.29, 0.717) is 17.0 Å². The fourth-order valence-corrected chi connectivity index (χ4v) is 1.50. The Kier molecular flexibility index (Phi) is 2.92. The van der Waals surface area contributed by atoms with Gasteiger partial charge in [0.1, 0.15) is 16.0 Å². The summed E-state index contributed by atoms with van der Waals surface area (Å²) >= 11 is 3.13. The van der Waals surface area contributed by atoms with Crippen LogP contribution in [0.3, 0.4) is 0 Å². The molecule has 2 N–H and O–H groups in total. The molecule has 0 aliphatic rings. The van der Waals surface area contributed by atoms with Gasteiger partial charge in [-0.25, -0.2) is 4.79 Å². The molecule has 0 bridgehead atoms. The standard InChI is InChI=1S/C7H10BrN3O2/c1-3-13-7(12)4-5(8)10-11(2)6(4)9/h3,9H2,1-2H3. The van der Waals surface area contributed by atoms with Gasteiger partial charge in [-0.05, 0) is 22.9 Å². The second kappa shape index (κ2) is 3.78. The van der Waals surface area contributed by atoms with Crippen LogP contribution in [0.2, 0.25) is 0 Å². The Morgan fingerprint density at radius 2 is 2.38 bits per heavy atom. The lowest BCUT2D eigenvalue weighted by molar-refractivity contribution is 0.0526. The monoisotopic (exact) mass is 247 g/mol. The first kappa shape index (κ1) is 10.0. The van der Waals surface area contributed by atoms with Crippen LogP contribution in [0.4, 0.5) is 5.82 Å². The Morgan fingerprint density at radius 3 is 2.77 bits per heavy atom. The van der Waals surface area contributed by atoms with Gasteiger partial charge in [-0.3, -0.25) is 4.68 Å². The minimum atomic E-state index is -0.458. The first-order valence-electron chi connectivity index (χ1n) is 3.73. The number of carbonyl (C=O) groups is 1. The number of aromatic nitrogens is 2. The second-order valence-electron chi connectivity index (χ2n) is 2.40. The molecule has 0 spiro atoms. The number of rotatable bonds is 2. The lowest BCUT2D eigenvalue weighted by Crippen LogP contribution is -2.08. The minimum absolute atomic E-state index is 0.282. The zero-order valence-electron chi connectivity index (χ0n) is 7.37. The van der Waals surface area contributed by atoms with Gasteiger partial charge >= 0.3 is 5.97 Å². The number of halogens is 1. The van der Waals surface area contributed by atoms with E-state index in [1.54, 1.807) is 14.0 Å². The van der Waals surface area contributed by atoms with Gasteiger partial charge in [0, 0.05) is 7.05 Å². The molecular formula is C7H10BrN3O2. The molecule has 1 heterocycles. The lowest BCUT2D eigenvalue weighted by atomic mass is 10.3. The third-order valence-electron chi connectivity index (χ3n) is 1.53. The zero-order chi connectivity index (χ0) is 10.0. The van der Waals surface area contributed by atoms with E-state index in [0.717, 1.165) is 0 Å². The zero-order valence-corrected chi connectivity index (χ0v) is 8.96. The normalized spacial score (nSPS) is 10.1. The highest BCUT2D eigenvalue weighted by Crippen LogP contribution is 2.21. The molecule has 1 rings (SSSR count). The van der Waals surface area contributed by atoms with Crippen LogP contribution in [0.5, 0.6) is 0 Å². The Morgan fingerprint density at radius 1 is 1.77 bits per heavy atom. The maximum atomic E-state index is 11.3. The maximum absolute atomic E-state index is 11.3. The van der Waals surface area contributed by atoms with Crippen LogP contribution in [-0.2, 0) is 11.8 Å². The van der Waals surface area contributed by atoms with Crippen molar-refractivity contribution in [2.24, 2.45) is 7.05 Å². The lowest BCUT2D eigenvalue weighted by Gasteiger charge is -2.00. The minimum Gasteiger partial charge on any atom is -0.462 e. The molecule has 0 atom stereocenters. The van der Waals surface area contributed by atoms with Gasteiger partial charge in [0.05, 0.1) is 6.61 Å². The molecule has 5 nitrogen and oxygen atoms in total. The number of nitrogens with zero attached hydrogens (tertiary/aromatic N) is 2. The topological polar surface area (TPSA) is 70.1 Å². The Balaban J connectivity index is 3.06. The van der Waals surface area contributed by atoms with Crippen molar-refractivity contribution >= 4 is 27.7 Å². The summed E-state index contributed by atoms with van der Waals surface area (Å²) in [6, 6.07) is 0. The third kappa shape index (κ3) is 1.82. The highest BCUT2D eigenvalue weighted by atomic mass is 79.9. The van der Waals surface area contributed by atoms with E-state index >= 15 is 0 Å². The van der Waals surface area contributed by atoms with E-state index in [-0.39, 0.29) is 5.56 Å². The van der Waals surface area contributed by atoms with Gasteiger partial charge in [-0.15, -0.1) is 0 Å². The number of carbonyl (C=O) groups excluding carboxylic acids is 1. The van der Waals surface area contributed by atoms with Crippen LogP contribution in [-0.4, -0.2) is 22.4 Å². The molecule has 13 heavy (non-hydrogen) atoms. The van der Waals surface area contributed by atoms with E-state index in [9.17, 15) is 4.79 Å². The van der Waals surface area contributed by atoms with Crippen molar-refractivity contribution in [3.8, 4) is 0 Å². The molecule has 0 aliphatic heterocycles. The highest BCUT2D eigenvalue weighted by Gasteiger charge is 2.19. The SMILES string of the molecule is CCOC(=O)c1c(Br)nn(C)c1N. The number of hydrogen-bond acceptors (Lipinski definition) is 4. The molecule has 0 radical (unpaired) electrons. The first-order chi connectivity index (χ1) is 6.07. The number of aryl methyl sites for hydroxylation is 1. The van der Waals surface area contributed by atoms with Crippen LogP contribution < -0.4 is 5.73 Å². The highest BCUT2D eigenvalue weighted by molar-refractivity contribution is 9.10. The molecule has 1 aromatic heterocycles. The average molecular weight is 248 g/mol. The molecule has 0 aromatic carbocycles. The van der Waals surface area contributed by atoms with Crippen LogP contribution in [0.25, 0.3) is 0 Å². The number of nitrogen functional groups attached to an aromatic ring is 1. The number of nitrogens with two attached hydrogens (primary N) is 1. The summed E-state index contributed by atoms with van der Waals surface area (Å²) in [7, 11) is 1.66. The molecule has 0 saturated carbocycles. The molecular weight excluding hydrogens is 238 g/mol. The van der Waals surface area contributed by atoms with E-state index in [2.05, 4.69) is 21.0 Å². The summed E-state index contributed by atoms with van der Waals surface area (Å²) < 4.78 is 6.62. The molecule has 0 amide bonds. The van der Waals surface area contributed by atoms with Crippen molar-refractivity contribution in [1.82, 2.24) is 9.78 Å². The predicted molar refractivity (Wildman–Crippen MR) is 51.3 cm³/mol. The molecule has 0 fully saturated rings. The summed E-state index contributed by atoms with van der Waals surface area (Å²) in [6.07, 6.45) is 0. The number of ether oxygens (including phenoxy) is 1. The summed E-state index contributed by atoms with van der Waals surface area (Å²) in [5.74, 6) is -0.162.